The van der Waals surface area contributed by atoms with Gasteiger partial charge in [0, 0.05) is 37.5 Å². The number of aryl methyl sites for hydroxylation is 1. The van der Waals surface area contributed by atoms with E-state index < -0.39 is 5.60 Å². The summed E-state index contributed by atoms with van der Waals surface area (Å²) in [6.07, 6.45) is 1.63. The summed E-state index contributed by atoms with van der Waals surface area (Å²) in [4.78, 5) is 19.3. The fourth-order valence-electron chi connectivity index (χ4n) is 5.77. The second kappa shape index (κ2) is 14.2. The summed E-state index contributed by atoms with van der Waals surface area (Å²) in [6, 6.07) is 29.8. The zero-order chi connectivity index (χ0) is 32.8. The van der Waals surface area contributed by atoms with E-state index in [0.29, 0.717) is 44.7 Å². The van der Waals surface area contributed by atoms with E-state index in [2.05, 4.69) is 0 Å². The molecule has 1 amide bonds. The number of piperidine rings is 1. The van der Waals surface area contributed by atoms with Crippen LogP contribution in [0.1, 0.15) is 44.7 Å². The highest BCUT2D eigenvalue weighted by molar-refractivity contribution is 5.97. The predicted octanol–water partition coefficient (Wildman–Crippen LogP) is 7.82. The zero-order valence-corrected chi connectivity index (χ0v) is 27.5. The van der Waals surface area contributed by atoms with Crippen molar-refractivity contribution in [3.05, 3.63) is 102 Å². The van der Waals surface area contributed by atoms with Crippen LogP contribution in [0.5, 0.6) is 17.5 Å². The molecule has 2 aromatic heterocycles. The van der Waals surface area contributed by atoms with Crippen molar-refractivity contribution in [1.82, 2.24) is 19.7 Å². The number of hydrogen-bond donors (Lipinski definition) is 0. The molecular formula is C38H42N4O5. The molecule has 9 heteroatoms. The van der Waals surface area contributed by atoms with Gasteiger partial charge < -0.3 is 23.8 Å². The minimum Gasteiger partial charge on any atom is -0.491 e. The maximum atomic E-state index is 12.7. The van der Waals surface area contributed by atoms with Crippen molar-refractivity contribution in [2.75, 3.05) is 19.7 Å². The highest BCUT2D eigenvalue weighted by atomic mass is 16.6. The molecule has 1 fully saturated rings. The van der Waals surface area contributed by atoms with Crippen LogP contribution in [0, 0.1) is 5.92 Å². The molecule has 0 saturated carbocycles. The molecule has 0 bridgehead atoms. The van der Waals surface area contributed by atoms with Gasteiger partial charge in [-0.05, 0) is 56.9 Å². The minimum absolute atomic E-state index is 0.199. The molecule has 244 valence electrons. The van der Waals surface area contributed by atoms with Gasteiger partial charge in [0.25, 0.3) is 0 Å². The molecule has 0 aliphatic carbocycles. The monoisotopic (exact) mass is 634 g/mol. The van der Waals surface area contributed by atoms with Gasteiger partial charge in [-0.3, -0.25) is 4.68 Å². The first kappa shape index (κ1) is 31.9. The number of amides is 1. The number of aromatic nitrogens is 3. The van der Waals surface area contributed by atoms with Crippen LogP contribution >= 0.6 is 0 Å². The summed E-state index contributed by atoms with van der Waals surface area (Å²) in [5.41, 5.74) is 3.94. The van der Waals surface area contributed by atoms with Crippen molar-refractivity contribution in [2.45, 2.75) is 52.4 Å². The lowest BCUT2D eigenvalue weighted by Gasteiger charge is -2.34. The van der Waals surface area contributed by atoms with Crippen LogP contribution in [0.15, 0.2) is 91.0 Å². The number of ether oxygens (including phenoxy) is 4. The quantitative estimate of drug-likeness (QED) is 0.155. The first-order valence-electron chi connectivity index (χ1n) is 16.1. The number of benzene rings is 3. The molecule has 0 unspecified atom stereocenters. The van der Waals surface area contributed by atoms with Gasteiger partial charge in [0.1, 0.15) is 35.8 Å². The molecule has 3 aromatic carbocycles. The molecule has 1 saturated heterocycles. The molecule has 1 atom stereocenters. The molecule has 3 heterocycles. The first-order valence-corrected chi connectivity index (χ1v) is 16.1. The number of carbonyl (C=O) groups is 1. The van der Waals surface area contributed by atoms with E-state index >= 15 is 0 Å². The summed E-state index contributed by atoms with van der Waals surface area (Å²) in [5.74, 6) is 1.85. The average molecular weight is 635 g/mol. The Morgan fingerprint density at radius 1 is 0.851 bits per heavy atom. The maximum Gasteiger partial charge on any atom is 0.410 e. The highest BCUT2D eigenvalue weighted by Crippen LogP contribution is 2.38. The maximum absolute atomic E-state index is 12.7. The molecule has 0 N–H and O–H groups in total. The van der Waals surface area contributed by atoms with E-state index in [9.17, 15) is 4.79 Å². The van der Waals surface area contributed by atoms with Gasteiger partial charge in [0.15, 0.2) is 0 Å². The van der Waals surface area contributed by atoms with Crippen molar-refractivity contribution in [1.29, 1.82) is 0 Å². The zero-order valence-electron chi connectivity index (χ0n) is 27.5. The van der Waals surface area contributed by atoms with Crippen molar-refractivity contribution >= 4 is 17.0 Å². The summed E-state index contributed by atoms with van der Waals surface area (Å²) in [5, 5.41) is 5.85. The molecule has 6 rings (SSSR count). The van der Waals surface area contributed by atoms with Crippen molar-refractivity contribution in [3.8, 4) is 28.8 Å². The number of hydrogen-bond acceptors (Lipinski definition) is 7. The van der Waals surface area contributed by atoms with Crippen LogP contribution in [-0.4, -0.2) is 51.1 Å². The van der Waals surface area contributed by atoms with Gasteiger partial charge >= 0.3 is 6.09 Å². The number of carbonyl (C=O) groups excluding carboxylic acids is 1. The van der Waals surface area contributed by atoms with Crippen LogP contribution < -0.4 is 14.2 Å². The predicted molar refractivity (Wildman–Crippen MR) is 182 cm³/mol. The third kappa shape index (κ3) is 8.03. The Balaban J connectivity index is 1.24. The van der Waals surface area contributed by atoms with E-state index in [1.165, 1.54) is 0 Å². The van der Waals surface area contributed by atoms with E-state index in [-0.39, 0.29) is 12.0 Å². The second-order valence-electron chi connectivity index (χ2n) is 12.9. The van der Waals surface area contributed by atoms with Gasteiger partial charge in [-0.2, -0.15) is 10.1 Å². The normalized spacial score (nSPS) is 15.0. The third-order valence-corrected chi connectivity index (χ3v) is 8.01. The lowest BCUT2D eigenvalue weighted by atomic mass is 9.99. The lowest BCUT2D eigenvalue weighted by Crippen LogP contribution is -2.44. The van der Waals surface area contributed by atoms with E-state index in [0.717, 1.165) is 51.9 Å². The fraction of sp³-hybridized carbons (Fsp3) is 0.342. The Labute approximate surface area is 276 Å². The number of rotatable bonds is 10. The molecular weight excluding hydrogens is 592 g/mol. The fourth-order valence-corrected chi connectivity index (χ4v) is 5.77. The lowest BCUT2D eigenvalue weighted by molar-refractivity contribution is 0.0139. The molecule has 47 heavy (non-hydrogen) atoms. The largest absolute Gasteiger partial charge is 0.491 e. The summed E-state index contributed by atoms with van der Waals surface area (Å²) in [7, 11) is 1.92. The Bertz CT molecular complexity index is 1800. The molecule has 5 aromatic rings. The average Bonchev–Trinajstić information content (AvgIpc) is 3.42. The van der Waals surface area contributed by atoms with Crippen LogP contribution in [0.2, 0.25) is 0 Å². The SMILES string of the molecule is Cn1nc(-c2ccc(OCc3ccccc3)nc2OCc2ccccc2)c2cccc(OC[C@H]3CCCN(C(=O)OC(C)(C)C)C3)c21. The topological polar surface area (TPSA) is 87.9 Å². The van der Waals surface area contributed by atoms with Crippen molar-refractivity contribution < 1.29 is 23.7 Å². The number of nitrogens with zero attached hydrogens (tertiary/aromatic N) is 4. The molecule has 9 nitrogen and oxygen atoms in total. The number of para-hydroxylation sites is 1. The van der Waals surface area contributed by atoms with Gasteiger partial charge in [0.2, 0.25) is 11.8 Å². The Kier molecular flexibility index (Phi) is 9.61. The van der Waals surface area contributed by atoms with Crippen LogP contribution in [0.3, 0.4) is 0 Å². The van der Waals surface area contributed by atoms with Gasteiger partial charge in [-0.1, -0.05) is 72.8 Å². The summed E-state index contributed by atoms with van der Waals surface area (Å²) >= 11 is 0. The van der Waals surface area contributed by atoms with E-state index in [4.69, 9.17) is 29.0 Å². The number of pyridine rings is 1. The molecule has 0 radical (unpaired) electrons. The molecule has 0 spiro atoms. The third-order valence-electron chi connectivity index (χ3n) is 8.01. The number of fused-ring (bicyclic) bond motifs is 1. The summed E-state index contributed by atoms with van der Waals surface area (Å²) in [6.45, 7) is 8.21. The molecule has 1 aliphatic heterocycles. The Hall–Kier alpha value is -5.05. The van der Waals surface area contributed by atoms with Gasteiger partial charge in [-0.15, -0.1) is 0 Å². The van der Waals surface area contributed by atoms with Gasteiger partial charge in [-0.25, -0.2) is 4.79 Å². The van der Waals surface area contributed by atoms with Crippen molar-refractivity contribution in [3.63, 3.8) is 0 Å². The highest BCUT2D eigenvalue weighted by Gasteiger charge is 2.28. The van der Waals surface area contributed by atoms with E-state index in [1.807, 2.05) is 123 Å². The summed E-state index contributed by atoms with van der Waals surface area (Å²) < 4.78 is 26.3. The Morgan fingerprint density at radius 3 is 2.26 bits per heavy atom. The smallest absolute Gasteiger partial charge is 0.410 e. The van der Waals surface area contributed by atoms with Gasteiger partial charge in [0.05, 0.1) is 12.2 Å². The van der Waals surface area contributed by atoms with Crippen LogP contribution in [0.25, 0.3) is 22.2 Å². The standard InChI is InChI=1S/C38H42N4O5/c1-38(2,3)47-37(43)42-22-12-17-29(23-42)26-44-32-19-11-18-30-34(40-41(4)35(30)32)31-20-21-33(45-24-27-13-7-5-8-14-27)39-36(31)46-25-28-15-9-6-10-16-28/h5-11,13-16,18-21,29H,12,17,22-26H2,1-4H3/t29-/m0/s1. The second-order valence-corrected chi connectivity index (χ2v) is 12.9. The van der Waals surface area contributed by atoms with Crippen molar-refractivity contribution in [2.24, 2.45) is 13.0 Å². The van der Waals surface area contributed by atoms with Crippen LogP contribution in [0.4, 0.5) is 4.79 Å². The minimum atomic E-state index is -0.523. The van der Waals surface area contributed by atoms with E-state index in [1.54, 1.807) is 4.90 Å². The van der Waals surface area contributed by atoms with Crippen LogP contribution in [-0.2, 0) is 25.0 Å². The molecule has 1 aliphatic rings. The first-order chi connectivity index (χ1) is 22.7. The Morgan fingerprint density at radius 2 is 1.55 bits per heavy atom. The number of likely N-dealkylation sites (tertiary alicyclic amines) is 1.